The van der Waals surface area contributed by atoms with Crippen molar-refractivity contribution < 1.29 is 22.4 Å². The van der Waals surface area contributed by atoms with E-state index in [0.717, 1.165) is 10.8 Å². The summed E-state index contributed by atoms with van der Waals surface area (Å²) in [5, 5.41) is 0.237. The van der Waals surface area contributed by atoms with Gasteiger partial charge >= 0.3 is 0 Å². The van der Waals surface area contributed by atoms with E-state index in [9.17, 15) is 13.6 Å². The Morgan fingerprint density at radius 3 is 1.57 bits per heavy atom. The number of halogens is 3. The number of benzene rings is 2. The predicted octanol–water partition coefficient (Wildman–Crippen LogP) is 9.27. The summed E-state index contributed by atoms with van der Waals surface area (Å²) in [6.45, 7) is 22.1. The molecule has 35 heavy (non-hydrogen) atoms. The van der Waals surface area contributed by atoms with Crippen LogP contribution in [0.25, 0.3) is 0 Å². The third-order valence-corrected chi connectivity index (χ3v) is 16.5. The molecule has 0 spiro atoms. The smallest absolute Gasteiger partial charge is 0.192 e. The van der Waals surface area contributed by atoms with Crippen molar-refractivity contribution in [1.29, 1.82) is 0 Å². The van der Waals surface area contributed by atoms with Crippen LogP contribution in [0.1, 0.15) is 63.0 Å². The molecule has 0 aliphatic carbocycles. The molecule has 0 N–H and O–H groups in total. The molecule has 3 nitrogen and oxygen atoms in total. The van der Waals surface area contributed by atoms with Gasteiger partial charge in [0.1, 0.15) is 17.9 Å². The normalized spacial score (nSPS) is 12.7. The molecule has 0 saturated carbocycles. The molecule has 0 amide bonds. The van der Waals surface area contributed by atoms with Crippen molar-refractivity contribution >= 4 is 38.9 Å². The highest BCUT2D eigenvalue weighted by molar-refractivity contribution is 9.10. The van der Waals surface area contributed by atoms with Crippen molar-refractivity contribution in [3.05, 3.63) is 69.2 Å². The van der Waals surface area contributed by atoms with Crippen LogP contribution in [-0.4, -0.2) is 22.9 Å². The van der Waals surface area contributed by atoms with Crippen LogP contribution in [0.4, 0.5) is 8.78 Å². The number of hydrogen-bond donors (Lipinski definition) is 0. The molecule has 0 aliphatic rings. The molecule has 0 heterocycles. The molecule has 0 unspecified atom stereocenters. The van der Waals surface area contributed by atoms with Crippen molar-refractivity contribution in [2.45, 2.75) is 91.0 Å². The van der Waals surface area contributed by atoms with Crippen LogP contribution < -0.4 is 0 Å². The largest absolute Gasteiger partial charge is 0.412 e. The van der Waals surface area contributed by atoms with Gasteiger partial charge in [0.2, 0.25) is 0 Å². The Morgan fingerprint density at radius 2 is 1.17 bits per heavy atom. The van der Waals surface area contributed by atoms with E-state index < -0.39 is 16.6 Å². The second-order valence-corrected chi connectivity index (χ2v) is 22.3. The quantitative estimate of drug-likeness (QED) is 0.239. The van der Waals surface area contributed by atoms with Crippen LogP contribution in [0.2, 0.25) is 36.3 Å². The third kappa shape index (κ3) is 9.65. The monoisotopic (exact) mass is 586 g/mol. The second kappa shape index (κ2) is 12.4. The summed E-state index contributed by atoms with van der Waals surface area (Å²) in [6, 6.07) is 9.28. The first-order valence-electron chi connectivity index (χ1n) is 11.8. The van der Waals surface area contributed by atoms with Gasteiger partial charge in [-0.25, -0.2) is 8.78 Å². The summed E-state index contributed by atoms with van der Waals surface area (Å²) < 4.78 is 40.0. The van der Waals surface area contributed by atoms with Gasteiger partial charge in [0, 0.05) is 21.2 Å². The fourth-order valence-corrected chi connectivity index (χ4v) is 4.69. The Kier molecular flexibility index (Phi) is 11.2. The van der Waals surface area contributed by atoms with Crippen LogP contribution in [0.3, 0.4) is 0 Å². The van der Waals surface area contributed by atoms with Gasteiger partial charge < -0.3 is 8.85 Å². The van der Waals surface area contributed by atoms with Crippen molar-refractivity contribution in [1.82, 2.24) is 0 Å². The lowest BCUT2D eigenvalue weighted by Crippen LogP contribution is -2.40. The van der Waals surface area contributed by atoms with E-state index in [0.29, 0.717) is 23.3 Å². The van der Waals surface area contributed by atoms with Gasteiger partial charge in [0.25, 0.3) is 0 Å². The van der Waals surface area contributed by atoms with Crippen molar-refractivity contribution in [2.75, 3.05) is 0 Å². The van der Waals surface area contributed by atoms with Crippen LogP contribution in [0, 0.1) is 11.6 Å². The predicted molar refractivity (Wildman–Crippen MR) is 150 cm³/mol. The van der Waals surface area contributed by atoms with E-state index in [1.165, 1.54) is 18.2 Å². The van der Waals surface area contributed by atoms with E-state index in [1.807, 2.05) is 0 Å². The molecule has 0 bridgehead atoms. The molecule has 0 atom stereocenters. The maximum Gasteiger partial charge on any atom is 0.192 e. The lowest BCUT2D eigenvalue weighted by molar-refractivity contribution is 0.112. The summed E-state index contributed by atoms with van der Waals surface area (Å²) in [4.78, 5) is 10.7. The molecule has 0 fully saturated rings. The number of hydrogen-bond acceptors (Lipinski definition) is 3. The van der Waals surface area contributed by atoms with Crippen LogP contribution in [-0.2, 0) is 22.1 Å². The van der Waals surface area contributed by atoms with E-state index in [-0.39, 0.29) is 28.3 Å². The SMILES string of the molecule is CC(C)(C)[Si](C)(C)OCc1cc(Br)ccc1F.CC(C)(C)[Si](C)(C)OCc1cc(C=O)ccc1F. The van der Waals surface area contributed by atoms with Crippen LogP contribution >= 0.6 is 15.9 Å². The van der Waals surface area contributed by atoms with Crippen LogP contribution in [0.15, 0.2) is 40.9 Å². The average molecular weight is 588 g/mol. The maximum atomic E-state index is 13.6. The molecular weight excluding hydrogens is 546 g/mol. The lowest BCUT2D eigenvalue weighted by atomic mass is 10.1. The summed E-state index contributed by atoms with van der Waals surface area (Å²) in [6.07, 6.45) is 0.718. The fourth-order valence-electron chi connectivity index (χ4n) is 2.38. The minimum atomic E-state index is -1.89. The molecule has 0 aliphatic heterocycles. The van der Waals surface area contributed by atoms with E-state index in [1.54, 1.807) is 18.2 Å². The fraction of sp³-hybridized carbons (Fsp3) is 0.519. The summed E-state index contributed by atoms with van der Waals surface area (Å²) in [5.74, 6) is -0.522. The molecule has 8 heteroatoms. The zero-order chi connectivity index (χ0) is 27.2. The molecule has 0 saturated heterocycles. The lowest BCUT2D eigenvalue weighted by Gasteiger charge is -2.36. The molecular formula is C27H41BrF2O3Si2. The highest BCUT2D eigenvalue weighted by Crippen LogP contribution is 2.38. The Morgan fingerprint density at radius 1 is 0.771 bits per heavy atom. The van der Waals surface area contributed by atoms with Crippen molar-refractivity contribution in [3.63, 3.8) is 0 Å². The molecule has 0 aromatic heterocycles. The number of carbonyl (C=O) groups is 1. The van der Waals surface area contributed by atoms with Crippen LogP contribution in [0.5, 0.6) is 0 Å². The van der Waals surface area contributed by atoms with Crippen molar-refractivity contribution in [3.8, 4) is 0 Å². The van der Waals surface area contributed by atoms with Gasteiger partial charge in [0.05, 0.1) is 13.2 Å². The summed E-state index contributed by atoms with van der Waals surface area (Å²) >= 11 is 3.35. The molecule has 2 aromatic rings. The summed E-state index contributed by atoms with van der Waals surface area (Å²) in [7, 11) is -3.70. The number of aldehydes is 1. The standard InChI is InChI=1S/C14H21FO2Si.C13H20BrFOSi/c1-14(2,3)18(4,5)17-10-12-8-11(9-16)6-7-13(12)15;1-13(2,3)17(4,5)16-9-10-8-11(14)6-7-12(10)15/h6-9H,10H2,1-5H3;6-8H,9H2,1-5H3. The molecule has 196 valence electrons. The number of carbonyl (C=O) groups excluding carboxylic acids is 1. The van der Waals surface area contributed by atoms with Gasteiger partial charge in [-0.3, -0.25) is 4.79 Å². The summed E-state index contributed by atoms with van der Waals surface area (Å²) in [5.41, 5.74) is 1.54. The Bertz CT molecular complexity index is 997. The Labute approximate surface area is 221 Å². The average Bonchev–Trinajstić information content (AvgIpc) is 2.72. The van der Waals surface area contributed by atoms with Gasteiger partial charge in [-0.05, 0) is 72.7 Å². The maximum absolute atomic E-state index is 13.6. The van der Waals surface area contributed by atoms with Gasteiger partial charge in [-0.15, -0.1) is 0 Å². The van der Waals surface area contributed by atoms with E-state index in [2.05, 4.69) is 83.7 Å². The molecule has 0 radical (unpaired) electrons. The first-order valence-corrected chi connectivity index (χ1v) is 18.4. The van der Waals surface area contributed by atoms with E-state index >= 15 is 0 Å². The highest BCUT2D eigenvalue weighted by Gasteiger charge is 2.38. The topological polar surface area (TPSA) is 35.5 Å². The first kappa shape index (κ1) is 31.8. The Balaban J connectivity index is 0.000000351. The minimum absolute atomic E-state index is 0.0890. The van der Waals surface area contributed by atoms with Crippen molar-refractivity contribution in [2.24, 2.45) is 0 Å². The highest BCUT2D eigenvalue weighted by atomic mass is 79.9. The molecule has 2 rings (SSSR count). The van der Waals surface area contributed by atoms with Gasteiger partial charge in [-0.2, -0.15) is 0 Å². The second-order valence-electron chi connectivity index (χ2n) is 11.8. The van der Waals surface area contributed by atoms with E-state index in [4.69, 9.17) is 8.85 Å². The Hall–Kier alpha value is -1.20. The van der Waals surface area contributed by atoms with Gasteiger partial charge in [0.15, 0.2) is 16.6 Å². The third-order valence-electron chi connectivity index (χ3n) is 7.00. The number of rotatable bonds is 7. The zero-order valence-electron chi connectivity index (χ0n) is 22.8. The minimum Gasteiger partial charge on any atom is -0.412 e. The molecule has 2 aromatic carbocycles. The van der Waals surface area contributed by atoms with Gasteiger partial charge in [-0.1, -0.05) is 57.5 Å². The first-order chi connectivity index (χ1) is 15.8. The zero-order valence-corrected chi connectivity index (χ0v) is 26.4.